The van der Waals surface area contributed by atoms with Crippen LogP contribution in [0, 0.1) is 5.92 Å². The molecule has 0 fully saturated rings. The Morgan fingerprint density at radius 1 is 1.25 bits per heavy atom. The van der Waals surface area contributed by atoms with E-state index >= 15 is 0 Å². The molecule has 5 N–H and O–H groups in total. The first-order chi connectivity index (χ1) is 5.54. The van der Waals surface area contributed by atoms with Gasteiger partial charge in [0.1, 0.15) is 12.3 Å². The summed E-state index contributed by atoms with van der Waals surface area (Å²) in [6, 6.07) is 0. The van der Waals surface area contributed by atoms with Crippen molar-refractivity contribution in [1.82, 2.24) is 5.32 Å². The second kappa shape index (κ2) is 5.45. The van der Waals surface area contributed by atoms with Gasteiger partial charge in [-0.05, 0) is 7.05 Å². The van der Waals surface area contributed by atoms with Gasteiger partial charge in [-0.2, -0.15) is 0 Å². The van der Waals surface area contributed by atoms with Gasteiger partial charge in [0.15, 0.2) is 0 Å². The van der Waals surface area contributed by atoms with Gasteiger partial charge in [-0.1, -0.05) is 6.92 Å². The molecule has 0 bridgehead atoms. The molecule has 5 heteroatoms. The number of aliphatic hydroxyl groups is 4. The van der Waals surface area contributed by atoms with Gasteiger partial charge in [-0.25, -0.2) is 0 Å². The van der Waals surface area contributed by atoms with Crippen LogP contribution >= 0.6 is 0 Å². The Morgan fingerprint density at radius 3 is 2.08 bits per heavy atom. The molecule has 0 aliphatic heterocycles. The molecule has 0 aliphatic rings. The molecule has 5 nitrogen and oxygen atoms in total. The zero-order valence-electron chi connectivity index (χ0n) is 7.31. The van der Waals surface area contributed by atoms with Gasteiger partial charge in [0, 0.05) is 5.92 Å². The summed E-state index contributed by atoms with van der Waals surface area (Å²) in [5.74, 6) is -0.530. The van der Waals surface area contributed by atoms with Crippen molar-refractivity contribution in [2.45, 2.75) is 25.4 Å². The molecular weight excluding hydrogens is 162 g/mol. The molecule has 0 unspecified atom stereocenters. The highest BCUT2D eigenvalue weighted by atomic mass is 16.4. The van der Waals surface area contributed by atoms with Crippen LogP contribution in [0.2, 0.25) is 0 Å². The van der Waals surface area contributed by atoms with E-state index in [0.29, 0.717) is 0 Å². The third kappa shape index (κ3) is 3.04. The zero-order valence-corrected chi connectivity index (χ0v) is 7.31. The molecule has 0 amide bonds. The fourth-order valence-corrected chi connectivity index (χ4v) is 0.908. The summed E-state index contributed by atoms with van der Waals surface area (Å²) < 4.78 is 0. The Balaban J connectivity index is 3.99. The van der Waals surface area contributed by atoms with Crippen molar-refractivity contribution in [3.8, 4) is 0 Å². The topological polar surface area (TPSA) is 93.0 Å². The zero-order chi connectivity index (χ0) is 9.72. The van der Waals surface area contributed by atoms with Gasteiger partial charge in [0.05, 0.1) is 12.7 Å². The normalized spacial score (nSPS) is 21.5. The van der Waals surface area contributed by atoms with Crippen LogP contribution in [-0.4, -0.2) is 52.5 Å². The van der Waals surface area contributed by atoms with Crippen LogP contribution in [-0.2, 0) is 0 Å². The summed E-state index contributed by atoms with van der Waals surface area (Å²) in [6.45, 7) is 1.06. The highest BCUT2D eigenvalue weighted by Crippen LogP contribution is 2.10. The Labute approximate surface area is 71.7 Å². The third-order valence-corrected chi connectivity index (χ3v) is 1.91. The van der Waals surface area contributed by atoms with Crippen LogP contribution in [0.4, 0.5) is 0 Å². The van der Waals surface area contributed by atoms with E-state index in [2.05, 4.69) is 5.32 Å². The van der Waals surface area contributed by atoms with E-state index < -0.39 is 31.0 Å². The molecule has 4 atom stereocenters. The first kappa shape index (κ1) is 11.8. The molecule has 12 heavy (non-hydrogen) atoms. The largest absolute Gasteiger partial charge is 0.394 e. The molecule has 0 rings (SSSR count). The van der Waals surface area contributed by atoms with Gasteiger partial charge < -0.3 is 20.4 Å². The molecule has 0 aromatic carbocycles. The van der Waals surface area contributed by atoms with E-state index in [9.17, 15) is 10.2 Å². The lowest BCUT2D eigenvalue weighted by atomic mass is 9.98. The summed E-state index contributed by atoms with van der Waals surface area (Å²) in [5.41, 5.74) is 0. The SMILES string of the molecule is CN[C@H](O)[C@@H](C)[C@H](O)[C@H](O)CO. The van der Waals surface area contributed by atoms with E-state index in [4.69, 9.17) is 10.2 Å². The van der Waals surface area contributed by atoms with Gasteiger partial charge in [-0.15, -0.1) is 0 Å². The predicted molar refractivity (Wildman–Crippen MR) is 43.3 cm³/mol. The Hall–Kier alpha value is -0.200. The summed E-state index contributed by atoms with van der Waals surface area (Å²) in [4.78, 5) is 0. The van der Waals surface area contributed by atoms with Crippen LogP contribution < -0.4 is 5.32 Å². The summed E-state index contributed by atoms with van der Waals surface area (Å²) in [5, 5.41) is 38.5. The minimum absolute atomic E-state index is 0.512. The summed E-state index contributed by atoms with van der Waals surface area (Å²) in [6.07, 6.45) is -3.22. The number of nitrogens with one attached hydrogen (secondary N) is 1. The van der Waals surface area contributed by atoms with Crippen molar-refractivity contribution in [2.75, 3.05) is 13.7 Å². The molecular formula is C7H17NO4. The van der Waals surface area contributed by atoms with Gasteiger partial charge in [0.2, 0.25) is 0 Å². The van der Waals surface area contributed by atoms with E-state index in [0.717, 1.165) is 0 Å². The summed E-state index contributed by atoms with van der Waals surface area (Å²) >= 11 is 0. The third-order valence-electron chi connectivity index (χ3n) is 1.91. The van der Waals surface area contributed by atoms with Crippen LogP contribution in [0.3, 0.4) is 0 Å². The highest BCUT2D eigenvalue weighted by molar-refractivity contribution is 4.75. The van der Waals surface area contributed by atoms with Crippen molar-refractivity contribution in [3.05, 3.63) is 0 Å². The van der Waals surface area contributed by atoms with Crippen LogP contribution in [0.5, 0.6) is 0 Å². The van der Waals surface area contributed by atoms with Crippen molar-refractivity contribution >= 4 is 0 Å². The minimum Gasteiger partial charge on any atom is -0.394 e. The average molecular weight is 179 g/mol. The van der Waals surface area contributed by atoms with E-state index in [1.807, 2.05) is 0 Å². The molecule has 0 aromatic rings. The highest BCUT2D eigenvalue weighted by Gasteiger charge is 2.26. The van der Waals surface area contributed by atoms with Gasteiger partial charge in [-0.3, -0.25) is 5.32 Å². The predicted octanol–water partition coefficient (Wildman–Crippen LogP) is -2.13. The molecule has 0 saturated carbocycles. The Kier molecular flexibility index (Phi) is 5.36. The van der Waals surface area contributed by atoms with E-state index in [-0.39, 0.29) is 0 Å². The van der Waals surface area contributed by atoms with Crippen LogP contribution in [0.1, 0.15) is 6.92 Å². The summed E-state index contributed by atoms with van der Waals surface area (Å²) in [7, 11) is 1.54. The monoisotopic (exact) mass is 179 g/mol. The fourth-order valence-electron chi connectivity index (χ4n) is 0.908. The van der Waals surface area contributed by atoms with Crippen molar-refractivity contribution in [1.29, 1.82) is 0 Å². The molecule has 0 aliphatic carbocycles. The average Bonchev–Trinajstić information content (AvgIpc) is 2.12. The molecule has 0 heterocycles. The van der Waals surface area contributed by atoms with Crippen molar-refractivity contribution in [3.63, 3.8) is 0 Å². The number of aliphatic hydroxyl groups excluding tert-OH is 4. The minimum atomic E-state index is -1.21. The van der Waals surface area contributed by atoms with Crippen molar-refractivity contribution in [2.24, 2.45) is 5.92 Å². The quantitative estimate of drug-likeness (QED) is 0.311. The molecule has 0 aromatic heterocycles. The molecule has 0 radical (unpaired) electrons. The van der Waals surface area contributed by atoms with Gasteiger partial charge >= 0.3 is 0 Å². The van der Waals surface area contributed by atoms with Crippen molar-refractivity contribution < 1.29 is 20.4 Å². The first-order valence-electron chi connectivity index (χ1n) is 3.87. The number of rotatable bonds is 5. The lowest BCUT2D eigenvalue weighted by Gasteiger charge is -2.26. The second-order valence-electron chi connectivity index (χ2n) is 2.83. The fraction of sp³-hybridized carbons (Fsp3) is 1.00. The number of hydrogen-bond acceptors (Lipinski definition) is 5. The van der Waals surface area contributed by atoms with Crippen LogP contribution in [0.15, 0.2) is 0 Å². The maximum atomic E-state index is 9.28. The van der Waals surface area contributed by atoms with E-state index in [1.165, 1.54) is 0 Å². The second-order valence-corrected chi connectivity index (χ2v) is 2.83. The standard InChI is InChI=1S/C7H17NO4/c1-4(7(12)8-2)6(11)5(10)3-9/h4-12H,3H2,1-2H3/t4-,5+,6-,7+/m0/s1. The maximum absolute atomic E-state index is 9.28. The smallest absolute Gasteiger partial charge is 0.109 e. The Bertz CT molecular complexity index is 108. The number of hydrogen-bond donors (Lipinski definition) is 5. The maximum Gasteiger partial charge on any atom is 0.109 e. The lowest BCUT2D eigenvalue weighted by Crippen LogP contribution is -2.44. The molecule has 0 spiro atoms. The molecule has 74 valence electrons. The molecule has 0 saturated heterocycles. The van der Waals surface area contributed by atoms with Crippen LogP contribution in [0.25, 0.3) is 0 Å². The lowest BCUT2D eigenvalue weighted by molar-refractivity contribution is -0.0740. The van der Waals surface area contributed by atoms with E-state index in [1.54, 1.807) is 14.0 Å². The van der Waals surface area contributed by atoms with Gasteiger partial charge in [0.25, 0.3) is 0 Å². The Morgan fingerprint density at radius 2 is 1.75 bits per heavy atom. The first-order valence-corrected chi connectivity index (χ1v) is 3.87.